The zero-order valence-electron chi connectivity index (χ0n) is 13.7. The molecule has 1 fully saturated rings. The normalized spacial score (nSPS) is 19.3. The van der Waals surface area contributed by atoms with Crippen molar-refractivity contribution in [2.45, 2.75) is 64.5 Å². The Bertz CT molecular complexity index is 655. The Balaban J connectivity index is 1.33. The minimum Gasteiger partial charge on any atom is -0.338 e. The third-order valence-corrected chi connectivity index (χ3v) is 4.93. The van der Waals surface area contributed by atoms with Crippen molar-refractivity contribution in [1.82, 2.24) is 29.8 Å². The van der Waals surface area contributed by atoms with E-state index in [2.05, 4.69) is 36.7 Å². The van der Waals surface area contributed by atoms with Crippen molar-refractivity contribution in [3.8, 4) is 0 Å². The van der Waals surface area contributed by atoms with Crippen molar-refractivity contribution >= 4 is 0 Å². The van der Waals surface area contributed by atoms with Gasteiger partial charge < -0.3 is 9.09 Å². The standard InChI is InChI=1S/C16H24N6O/c1-2-4-13-17-15(23-20-13)11-21-9-6-12(7-10-21)16-19-18-14-5-3-8-22(14)16/h12H,2-11H2,1H3. The molecule has 23 heavy (non-hydrogen) atoms. The Morgan fingerprint density at radius 3 is 2.87 bits per heavy atom. The van der Waals surface area contributed by atoms with Gasteiger partial charge in [-0.05, 0) is 38.8 Å². The van der Waals surface area contributed by atoms with Gasteiger partial charge in [0.05, 0.1) is 6.54 Å². The second-order valence-corrected chi connectivity index (χ2v) is 6.63. The first-order valence-electron chi connectivity index (χ1n) is 8.79. The summed E-state index contributed by atoms with van der Waals surface area (Å²) < 4.78 is 7.69. The molecule has 0 aromatic carbocycles. The number of fused-ring (bicyclic) bond motifs is 1. The molecule has 0 saturated carbocycles. The van der Waals surface area contributed by atoms with Crippen LogP contribution in [0.5, 0.6) is 0 Å². The van der Waals surface area contributed by atoms with E-state index >= 15 is 0 Å². The summed E-state index contributed by atoms with van der Waals surface area (Å²) in [5, 5.41) is 12.8. The van der Waals surface area contributed by atoms with Gasteiger partial charge in [0.1, 0.15) is 11.6 Å². The molecule has 0 atom stereocenters. The molecular formula is C16H24N6O. The summed E-state index contributed by atoms with van der Waals surface area (Å²) in [6.07, 6.45) is 6.51. The summed E-state index contributed by atoms with van der Waals surface area (Å²) in [6, 6.07) is 0. The molecule has 0 spiro atoms. The van der Waals surface area contributed by atoms with Crippen LogP contribution in [0.25, 0.3) is 0 Å². The van der Waals surface area contributed by atoms with Gasteiger partial charge in [-0.2, -0.15) is 4.98 Å². The SMILES string of the molecule is CCCc1noc(CN2CCC(c3nnc4n3CCC4)CC2)n1. The molecule has 0 N–H and O–H groups in total. The van der Waals surface area contributed by atoms with Crippen LogP contribution in [0, 0.1) is 0 Å². The first kappa shape index (κ1) is 14.8. The van der Waals surface area contributed by atoms with Gasteiger partial charge in [-0.15, -0.1) is 10.2 Å². The molecular weight excluding hydrogens is 292 g/mol. The molecule has 0 radical (unpaired) electrons. The number of likely N-dealkylation sites (tertiary alicyclic amines) is 1. The zero-order valence-corrected chi connectivity index (χ0v) is 13.7. The number of aromatic nitrogens is 5. The molecule has 2 aliphatic rings. The maximum absolute atomic E-state index is 5.35. The molecule has 0 amide bonds. The molecule has 124 valence electrons. The van der Waals surface area contributed by atoms with E-state index in [1.165, 1.54) is 18.1 Å². The van der Waals surface area contributed by atoms with E-state index in [0.29, 0.717) is 5.92 Å². The third-order valence-electron chi connectivity index (χ3n) is 4.93. The lowest BCUT2D eigenvalue weighted by Crippen LogP contribution is -2.33. The van der Waals surface area contributed by atoms with Gasteiger partial charge in [-0.1, -0.05) is 12.1 Å². The van der Waals surface area contributed by atoms with E-state index in [-0.39, 0.29) is 0 Å². The Kier molecular flexibility index (Phi) is 4.11. The minimum atomic E-state index is 0.545. The monoisotopic (exact) mass is 316 g/mol. The van der Waals surface area contributed by atoms with Gasteiger partial charge in [-0.25, -0.2) is 0 Å². The van der Waals surface area contributed by atoms with Crippen molar-refractivity contribution in [2.75, 3.05) is 13.1 Å². The predicted octanol–water partition coefficient (Wildman–Crippen LogP) is 1.94. The van der Waals surface area contributed by atoms with Crippen molar-refractivity contribution < 1.29 is 4.52 Å². The summed E-state index contributed by atoms with van der Waals surface area (Å²) in [6.45, 7) is 6.10. The minimum absolute atomic E-state index is 0.545. The number of piperidine rings is 1. The van der Waals surface area contributed by atoms with E-state index in [1.54, 1.807) is 0 Å². The Labute approximate surface area is 136 Å². The number of hydrogen-bond acceptors (Lipinski definition) is 6. The zero-order chi connectivity index (χ0) is 15.6. The Morgan fingerprint density at radius 2 is 2.04 bits per heavy atom. The van der Waals surface area contributed by atoms with Crippen LogP contribution in [0.4, 0.5) is 0 Å². The van der Waals surface area contributed by atoms with Crippen molar-refractivity contribution in [3.05, 3.63) is 23.4 Å². The van der Waals surface area contributed by atoms with Crippen molar-refractivity contribution in [1.29, 1.82) is 0 Å². The van der Waals surface area contributed by atoms with E-state index < -0.39 is 0 Å². The fourth-order valence-corrected chi connectivity index (χ4v) is 3.70. The number of aryl methyl sites for hydroxylation is 2. The molecule has 1 saturated heterocycles. The van der Waals surface area contributed by atoms with E-state index in [4.69, 9.17) is 4.52 Å². The largest absolute Gasteiger partial charge is 0.338 e. The van der Waals surface area contributed by atoms with Gasteiger partial charge in [0.15, 0.2) is 5.82 Å². The van der Waals surface area contributed by atoms with Gasteiger partial charge in [-0.3, -0.25) is 4.90 Å². The van der Waals surface area contributed by atoms with Crippen LogP contribution in [-0.2, 0) is 25.9 Å². The van der Waals surface area contributed by atoms with Crippen LogP contribution >= 0.6 is 0 Å². The topological polar surface area (TPSA) is 72.9 Å². The number of rotatable bonds is 5. The molecule has 0 unspecified atom stereocenters. The molecule has 2 aromatic rings. The maximum Gasteiger partial charge on any atom is 0.240 e. The van der Waals surface area contributed by atoms with Gasteiger partial charge in [0.25, 0.3) is 0 Å². The average Bonchev–Trinajstić information content (AvgIpc) is 3.25. The summed E-state index contributed by atoms with van der Waals surface area (Å²) >= 11 is 0. The highest BCUT2D eigenvalue weighted by atomic mass is 16.5. The summed E-state index contributed by atoms with van der Waals surface area (Å²) in [4.78, 5) is 6.87. The maximum atomic E-state index is 5.35. The third kappa shape index (κ3) is 3.02. The van der Waals surface area contributed by atoms with Crippen LogP contribution in [0.1, 0.15) is 61.9 Å². The summed E-state index contributed by atoms with van der Waals surface area (Å²) in [7, 11) is 0. The van der Waals surface area contributed by atoms with Gasteiger partial charge >= 0.3 is 0 Å². The summed E-state index contributed by atoms with van der Waals surface area (Å²) in [5.74, 6) is 4.51. The highest BCUT2D eigenvalue weighted by molar-refractivity contribution is 5.07. The Hall–Kier alpha value is -1.76. The first-order valence-corrected chi connectivity index (χ1v) is 8.79. The van der Waals surface area contributed by atoms with Gasteiger partial charge in [0, 0.05) is 25.3 Å². The molecule has 2 aromatic heterocycles. The Morgan fingerprint density at radius 1 is 1.17 bits per heavy atom. The lowest BCUT2D eigenvalue weighted by molar-refractivity contribution is 0.177. The van der Waals surface area contributed by atoms with Gasteiger partial charge in [0.2, 0.25) is 5.89 Å². The van der Waals surface area contributed by atoms with Crippen LogP contribution in [0.15, 0.2) is 4.52 Å². The van der Waals surface area contributed by atoms with E-state index in [1.807, 2.05) is 0 Å². The average molecular weight is 316 g/mol. The highest BCUT2D eigenvalue weighted by Gasteiger charge is 2.28. The van der Waals surface area contributed by atoms with Crippen molar-refractivity contribution in [3.63, 3.8) is 0 Å². The number of nitrogens with zero attached hydrogens (tertiary/aromatic N) is 6. The predicted molar refractivity (Wildman–Crippen MR) is 83.9 cm³/mol. The molecule has 7 heteroatoms. The molecule has 7 nitrogen and oxygen atoms in total. The molecule has 0 bridgehead atoms. The second-order valence-electron chi connectivity index (χ2n) is 6.63. The lowest BCUT2D eigenvalue weighted by atomic mass is 9.96. The fraction of sp³-hybridized carbons (Fsp3) is 0.750. The van der Waals surface area contributed by atoms with E-state index in [9.17, 15) is 0 Å². The molecule has 0 aliphatic carbocycles. The fourth-order valence-electron chi connectivity index (χ4n) is 3.70. The second kappa shape index (κ2) is 6.39. The van der Waals surface area contributed by atoms with Crippen LogP contribution in [-0.4, -0.2) is 42.9 Å². The van der Waals surface area contributed by atoms with E-state index in [0.717, 1.165) is 70.0 Å². The molecule has 4 rings (SSSR count). The quantitative estimate of drug-likeness (QED) is 0.839. The highest BCUT2D eigenvalue weighted by Crippen LogP contribution is 2.29. The van der Waals surface area contributed by atoms with Crippen LogP contribution in [0.3, 0.4) is 0 Å². The van der Waals surface area contributed by atoms with Crippen molar-refractivity contribution in [2.24, 2.45) is 0 Å². The lowest BCUT2D eigenvalue weighted by Gasteiger charge is -2.30. The first-order chi connectivity index (χ1) is 11.3. The molecule has 2 aliphatic heterocycles. The summed E-state index contributed by atoms with van der Waals surface area (Å²) in [5.41, 5.74) is 0. The van der Waals surface area contributed by atoms with Crippen LogP contribution < -0.4 is 0 Å². The smallest absolute Gasteiger partial charge is 0.240 e. The number of hydrogen-bond donors (Lipinski definition) is 0. The van der Waals surface area contributed by atoms with Crippen LogP contribution in [0.2, 0.25) is 0 Å². The molecule has 4 heterocycles.